The number of amides is 1. The smallest absolute Gasteiger partial charge is 0.265 e. The third kappa shape index (κ3) is 2.59. The second-order valence-corrected chi connectivity index (χ2v) is 5.26. The maximum Gasteiger partial charge on any atom is 0.265 e. The summed E-state index contributed by atoms with van der Waals surface area (Å²) in [5, 5.41) is 5.23. The summed E-state index contributed by atoms with van der Waals surface area (Å²) < 4.78 is 0.912. The Balaban J connectivity index is 2.09. The average molecular weight is 289 g/mol. The van der Waals surface area contributed by atoms with E-state index in [9.17, 15) is 4.79 Å². The van der Waals surface area contributed by atoms with E-state index in [0.29, 0.717) is 0 Å². The van der Waals surface area contributed by atoms with Gasteiger partial charge < -0.3 is 10.2 Å². The molecule has 3 nitrogen and oxygen atoms in total. The van der Waals surface area contributed by atoms with Crippen LogP contribution in [0.3, 0.4) is 0 Å². The first-order chi connectivity index (χ1) is 7.29. The Labute approximate surface area is 102 Å². The van der Waals surface area contributed by atoms with Crippen molar-refractivity contribution >= 4 is 33.2 Å². The Hall–Kier alpha value is -0.390. The second kappa shape index (κ2) is 5.09. The molecule has 82 valence electrons. The quantitative estimate of drug-likeness (QED) is 0.857. The molecular formula is C10H13BrN2OS. The van der Waals surface area contributed by atoms with Crippen LogP contribution in [-0.2, 0) is 0 Å². The Bertz CT molecular complexity index is 345. The Kier molecular flexibility index (Phi) is 3.77. The molecule has 0 unspecified atom stereocenters. The van der Waals surface area contributed by atoms with Gasteiger partial charge in [0.1, 0.15) is 4.88 Å². The summed E-state index contributed by atoms with van der Waals surface area (Å²) in [4.78, 5) is 14.9. The first kappa shape index (κ1) is 11.1. The molecule has 0 radical (unpaired) electrons. The van der Waals surface area contributed by atoms with E-state index in [0.717, 1.165) is 41.9 Å². The van der Waals surface area contributed by atoms with Gasteiger partial charge in [0.25, 0.3) is 5.91 Å². The van der Waals surface area contributed by atoms with E-state index in [2.05, 4.69) is 21.2 Å². The van der Waals surface area contributed by atoms with Crippen molar-refractivity contribution in [1.29, 1.82) is 0 Å². The minimum Gasteiger partial charge on any atom is -0.337 e. The molecule has 15 heavy (non-hydrogen) atoms. The second-order valence-electron chi connectivity index (χ2n) is 3.49. The largest absolute Gasteiger partial charge is 0.337 e. The highest BCUT2D eigenvalue weighted by Crippen LogP contribution is 2.24. The predicted octanol–water partition coefficient (Wildman–Crippen LogP) is 1.95. The van der Waals surface area contributed by atoms with Crippen molar-refractivity contribution in [3.8, 4) is 0 Å². The molecule has 1 aliphatic rings. The van der Waals surface area contributed by atoms with Crippen LogP contribution in [-0.4, -0.2) is 37.0 Å². The topological polar surface area (TPSA) is 32.3 Å². The lowest BCUT2D eigenvalue weighted by Crippen LogP contribution is -2.33. The Morgan fingerprint density at radius 2 is 2.33 bits per heavy atom. The molecule has 1 amide bonds. The van der Waals surface area contributed by atoms with E-state index in [1.54, 1.807) is 0 Å². The van der Waals surface area contributed by atoms with Crippen LogP contribution in [0.2, 0.25) is 0 Å². The fourth-order valence-electron chi connectivity index (χ4n) is 1.64. The lowest BCUT2D eigenvalue weighted by Gasteiger charge is -2.19. The molecule has 1 aromatic heterocycles. The molecule has 0 atom stereocenters. The van der Waals surface area contributed by atoms with Gasteiger partial charge in [0.15, 0.2) is 0 Å². The minimum absolute atomic E-state index is 0.153. The van der Waals surface area contributed by atoms with Gasteiger partial charge in [-0.15, -0.1) is 11.3 Å². The van der Waals surface area contributed by atoms with Gasteiger partial charge in [-0.25, -0.2) is 0 Å². The summed E-state index contributed by atoms with van der Waals surface area (Å²) in [5.41, 5.74) is 0. The van der Waals surface area contributed by atoms with Gasteiger partial charge in [0.05, 0.1) is 0 Å². The van der Waals surface area contributed by atoms with Crippen LogP contribution in [0.1, 0.15) is 16.1 Å². The maximum absolute atomic E-state index is 12.1. The first-order valence-corrected chi connectivity index (χ1v) is 6.69. The van der Waals surface area contributed by atoms with E-state index in [-0.39, 0.29) is 5.91 Å². The predicted molar refractivity (Wildman–Crippen MR) is 65.4 cm³/mol. The van der Waals surface area contributed by atoms with Crippen LogP contribution < -0.4 is 5.32 Å². The van der Waals surface area contributed by atoms with Crippen LogP contribution in [0, 0.1) is 0 Å². The SMILES string of the molecule is O=C(c1sccc1Br)N1CCCNCC1. The van der Waals surface area contributed by atoms with E-state index in [1.807, 2.05) is 16.3 Å². The molecule has 5 heteroatoms. The molecule has 0 aromatic carbocycles. The summed E-state index contributed by atoms with van der Waals surface area (Å²) >= 11 is 4.90. The molecule has 1 aliphatic heterocycles. The Morgan fingerprint density at radius 3 is 3.07 bits per heavy atom. The van der Waals surface area contributed by atoms with Crippen LogP contribution in [0.5, 0.6) is 0 Å². The van der Waals surface area contributed by atoms with Crippen molar-refractivity contribution in [3.63, 3.8) is 0 Å². The standard InChI is InChI=1S/C10H13BrN2OS/c11-8-2-7-15-9(8)10(14)13-5-1-3-12-4-6-13/h2,7,12H,1,3-6H2. The normalized spacial score (nSPS) is 17.5. The van der Waals surface area contributed by atoms with Crippen molar-refractivity contribution < 1.29 is 4.79 Å². The van der Waals surface area contributed by atoms with Crippen molar-refractivity contribution in [1.82, 2.24) is 10.2 Å². The van der Waals surface area contributed by atoms with E-state index >= 15 is 0 Å². The highest BCUT2D eigenvalue weighted by Gasteiger charge is 2.19. The van der Waals surface area contributed by atoms with Gasteiger partial charge in [-0.05, 0) is 40.3 Å². The van der Waals surface area contributed by atoms with Crippen molar-refractivity contribution in [2.75, 3.05) is 26.2 Å². The zero-order valence-corrected chi connectivity index (χ0v) is 10.7. The van der Waals surface area contributed by atoms with Crippen LogP contribution in [0.15, 0.2) is 15.9 Å². The summed E-state index contributed by atoms with van der Waals surface area (Å²) in [6.45, 7) is 3.57. The average Bonchev–Trinajstić information content (AvgIpc) is 2.53. The van der Waals surface area contributed by atoms with Crippen molar-refractivity contribution in [2.24, 2.45) is 0 Å². The van der Waals surface area contributed by atoms with E-state index < -0.39 is 0 Å². The molecule has 0 bridgehead atoms. The van der Waals surface area contributed by atoms with Gasteiger partial charge in [-0.2, -0.15) is 0 Å². The zero-order valence-electron chi connectivity index (χ0n) is 8.33. The summed E-state index contributed by atoms with van der Waals surface area (Å²) in [6, 6.07) is 1.92. The molecule has 2 rings (SSSR count). The van der Waals surface area contributed by atoms with Gasteiger partial charge in [0, 0.05) is 24.1 Å². The first-order valence-electron chi connectivity index (χ1n) is 5.02. The van der Waals surface area contributed by atoms with E-state index in [1.165, 1.54) is 11.3 Å². The number of carbonyl (C=O) groups excluding carboxylic acids is 1. The third-order valence-electron chi connectivity index (χ3n) is 2.44. The van der Waals surface area contributed by atoms with Gasteiger partial charge in [-0.1, -0.05) is 0 Å². The maximum atomic E-state index is 12.1. The number of nitrogens with zero attached hydrogens (tertiary/aromatic N) is 1. The molecular weight excluding hydrogens is 276 g/mol. The van der Waals surface area contributed by atoms with Crippen LogP contribution in [0.4, 0.5) is 0 Å². The number of hydrogen-bond acceptors (Lipinski definition) is 3. The Morgan fingerprint density at radius 1 is 1.47 bits per heavy atom. The summed E-state index contributed by atoms with van der Waals surface area (Å²) in [7, 11) is 0. The van der Waals surface area contributed by atoms with Crippen molar-refractivity contribution in [2.45, 2.75) is 6.42 Å². The van der Waals surface area contributed by atoms with Gasteiger partial charge >= 0.3 is 0 Å². The minimum atomic E-state index is 0.153. The van der Waals surface area contributed by atoms with Crippen molar-refractivity contribution in [3.05, 3.63) is 20.8 Å². The molecule has 1 saturated heterocycles. The fraction of sp³-hybridized carbons (Fsp3) is 0.500. The lowest BCUT2D eigenvalue weighted by molar-refractivity contribution is 0.0770. The van der Waals surface area contributed by atoms with Gasteiger partial charge in [0.2, 0.25) is 0 Å². The number of carbonyl (C=O) groups is 1. The number of halogens is 1. The van der Waals surface area contributed by atoms with E-state index in [4.69, 9.17) is 0 Å². The molecule has 0 aliphatic carbocycles. The molecule has 2 heterocycles. The number of rotatable bonds is 1. The number of thiophene rings is 1. The molecule has 0 spiro atoms. The highest BCUT2D eigenvalue weighted by molar-refractivity contribution is 9.10. The molecule has 1 N–H and O–H groups in total. The van der Waals surface area contributed by atoms with Crippen LogP contribution >= 0.6 is 27.3 Å². The lowest BCUT2D eigenvalue weighted by atomic mass is 10.3. The monoisotopic (exact) mass is 288 g/mol. The third-order valence-corrected chi connectivity index (χ3v) is 4.26. The molecule has 1 fully saturated rings. The zero-order chi connectivity index (χ0) is 10.7. The van der Waals surface area contributed by atoms with Crippen LogP contribution in [0.25, 0.3) is 0 Å². The number of hydrogen-bond donors (Lipinski definition) is 1. The molecule has 0 saturated carbocycles. The highest BCUT2D eigenvalue weighted by atomic mass is 79.9. The van der Waals surface area contributed by atoms with Gasteiger partial charge in [-0.3, -0.25) is 4.79 Å². The molecule has 1 aromatic rings. The summed E-state index contributed by atoms with van der Waals surface area (Å²) in [6.07, 6.45) is 1.04. The fourth-order valence-corrected chi connectivity index (χ4v) is 3.15. The summed E-state index contributed by atoms with van der Waals surface area (Å²) in [5.74, 6) is 0.153. The number of nitrogens with one attached hydrogen (secondary N) is 1.